The zero-order valence-corrected chi connectivity index (χ0v) is 23.7. The molecule has 4 heterocycles. The summed E-state index contributed by atoms with van der Waals surface area (Å²) in [5.74, 6) is 0.806. The molecule has 0 fully saturated rings. The molecular weight excluding hydrogens is 500 g/mol. The van der Waals surface area contributed by atoms with Crippen LogP contribution < -0.4 is 0 Å². The lowest BCUT2D eigenvalue weighted by Gasteiger charge is -2.18. The summed E-state index contributed by atoms with van der Waals surface area (Å²) in [5.41, 5.74) is 10.4. The lowest BCUT2D eigenvalue weighted by molar-refractivity contribution is 0.183. The van der Waals surface area contributed by atoms with Crippen molar-refractivity contribution < 1.29 is 4.74 Å². The predicted molar refractivity (Wildman–Crippen MR) is 156 cm³/mol. The Labute approximate surface area is 235 Å². The van der Waals surface area contributed by atoms with Crippen molar-refractivity contribution in [1.29, 1.82) is 0 Å². The van der Waals surface area contributed by atoms with E-state index in [4.69, 9.17) is 19.8 Å². The average molecular weight is 537 g/mol. The van der Waals surface area contributed by atoms with Crippen LogP contribution >= 0.6 is 0 Å². The molecule has 6 rings (SSSR count). The van der Waals surface area contributed by atoms with Gasteiger partial charge in [0.15, 0.2) is 0 Å². The van der Waals surface area contributed by atoms with E-state index in [1.165, 1.54) is 27.9 Å². The zero-order chi connectivity index (χ0) is 27.6. The molecule has 0 saturated carbocycles. The molecule has 206 valence electrons. The summed E-state index contributed by atoms with van der Waals surface area (Å²) < 4.78 is 11.3. The number of hydrogen-bond donors (Lipinski definition) is 0. The number of benzene rings is 1. The Morgan fingerprint density at radius 2 is 1.70 bits per heavy atom. The number of methoxy groups -OCH3 is 1. The monoisotopic (exact) mass is 536 g/mol. The number of nitrogens with zero attached hydrogens (tertiary/aromatic N) is 8. The molecule has 0 spiro atoms. The molecule has 0 aliphatic heterocycles. The second-order valence-electron chi connectivity index (χ2n) is 10.8. The second-order valence-corrected chi connectivity index (χ2v) is 10.8. The van der Waals surface area contributed by atoms with Gasteiger partial charge in [0.1, 0.15) is 5.82 Å². The van der Waals surface area contributed by atoms with E-state index in [1.807, 2.05) is 28.0 Å². The van der Waals surface area contributed by atoms with Crippen LogP contribution in [-0.4, -0.2) is 73.4 Å². The van der Waals surface area contributed by atoms with Crippen LogP contribution in [0.15, 0.2) is 61.3 Å². The van der Waals surface area contributed by atoms with Crippen molar-refractivity contribution in [3.8, 4) is 33.6 Å². The number of aromatic nitrogens is 7. The van der Waals surface area contributed by atoms with Crippen molar-refractivity contribution in [3.05, 3.63) is 84.0 Å². The third-order valence-corrected chi connectivity index (χ3v) is 7.54. The number of aryl methyl sites for hydroxylation is 3. The van der Waals surface area contributed by atoms with Crippen LogP contribution in [0.3, 0.4) is 0 Å². The lowest BCUT2D eigenvalue weighted by atomic mass is 9.89. The van der Waals surface area contributed by atoms with Gasteiger partial charge < -0.3 is 14.2 Å². The highest BCUT2D eigenvalue weighted by molar-refractivity contribution is 5.86. The van der Waals surface area contributed by atoms with Gasteiger partial charge in [-0.2, -0.15) is 10.2 Å². The molecule has 0 radical (unpaired) electrons. The molecule has 0 amide bonds. The van der Waals surface area contributed by atoms with Crippen LogP contribution in [0.5, 0.6) is 0 Å². The molecule has 1 aliphatic rings. The smallest absolute Gasteiger partial charge is 0.134 e. The number of ether oxygens (including phenoxy) is 1. The average Bonchev–Trinajstić information content (AvgIpc) is 3.69. The van der Waals surface area contributed by atoms with E-state index in [0.29, 0.717) is 13.0 Å². The summed E-state index contributed by atoms with van der Waals surface area (Å²) >= 11 is 0. The van der Waals surface area contributed by atoms with Crippen molar-refractivity contribution >= 4 is 0 Å². The first kappa shape index (κ1) is 26.2. The molecule has 9 nitrogen and oxygen atoms in total. The molecule has 4 aromatic heterocycles. The Bertz CT molecular complexity index is 1610. The van der Waals surface area contributed by atoms with Crippen LogP contribution in [0.4, 0.5) is 0 Å². The predicted octanol–water partition coefficient (Wildman–Crippen LogP) is 4.11. The number of rotatable bonds is 10. The van der Waals surface area contributed by atoms with E-state index in [0.717, 1.165) is 60.8 Å². The largest absolute Gasteiger partial charge is 0.383 e. The second kappa shape index (κ2) is 11.2. The quantitative estimate of drug-likeness (QED) is 0.267. The summed E-state index contributed by atoms with van der Waals surface area (Å²) in [5, 5.41) is 9.21. The van der Waals surface area contributed by atoms with Crippen LogP contribution in [-0.2, 0) is 44.1 Å². The fourth-order valence-corrected chi connectivity index (χ4v) is 5.42. The SMILES string of the molecule is COCCn1cc(-c2ccc(-c3c4c(cn3C)CCc3cnc(Cc5ccn(CCN(C)C)n5)nc3-4)cc2)cn1. The summed E-state index contributed by atoms with van der Waals surface area (Å²) in [4.78, 5) is 12.0. The minimum atomic E-state index is 0.618. The molecule has 5 aromatic rings. The van der Waals surface area contributed by atoms with Crippen molar-refractivity contribution in [2.24, 2.45) is 7.05 Å². The van der Waals surface area contributed by atoms with Crippen molar-refractivity contribution in [1.82, 2.24) is 39.0 Å². The highest BCUT2D eigenvalue weighted by atomic mass is 16.5. The fourth-order valence-electron chi connectivity index (χ4n) is 5.42. The zero-order valence-electron chi connectivity index (χ0n) is 23.7. The number of hydrogen-bond acceptors (Lipinski definition) is 6. The molecule has 0 bridgehead atoms. The van der Waals surface area contributed by atoms with Crippen molar-refractivity contribution in [2.45, 2.75) is 32.4 Å². The molecular formula is C31H36N8O. The first-order valence-corrected chi connectivity index (χ1v) is 13.8. The maximum absolute atomic E-state index is 5.18. The van der Waals surface area contributed by atoms with Crippen molar-refractivity contribution in [3.63, 3.8) is 0 Å². The third-order valence-electron chi connectivity index (χ3n) is 7.54. The molecule has 0 N–H and O–H groups in total. The highest BCUT2D eigenvalue weighted by Gasteiger charge is 2.25. The molecule has 9 heteroatoms. The van der Waals surface area contributed by atoms with Gasteiger partial charge in [0.25, 0.3) is 0 Å². The van der Waals surface area contributed by atoms with Gasteiger partial charge in [-0.15, -0.1) is 0 Å². The number of fused-ring (bicyclic) bond motifs is 3. The Morgan fingerprint density at radius 3 is 2.50 bits per heavy atom. The van der Waals surface area contributed by atoms with Gasteiger partial charge in [-0.3, -0.25) is 9.36 Å². The molecule has 0 saturated heterocycles. The lowest BCUT2D eigenvalue weighted by Crippen LogP contribution is -2.18. The van der Waals surface area contributed by atoms with E-state index in [9.17, 15) is 0 Å². The van der Waals surface area contributed by atoms with Crippen LogP contribution in [0.1, 0.15) is 22.6 Å². The van der Waals surface area contributed by atoms with E-state index < -0.39 is 0 Å². The molecule has 40 heavy (non-hydrogen) atoms. The maximum atomic E-state index is 5.18. The minimum absolute atomic E-state index is 0.618. The molecule has 1 aromatic carbocycles. The summed E-state index contributed by atoms with van der Waals surface area (Å²) in [6, 6.07) is 10.8. The summed E-state index contributed by atoms with van der Waals surface area (Å²) in [6.07, 6.45) is 12.9. The topological polar surface area (TPSA) is 78.8 Å². The molecule has 0 atom stereocenters. The highest BCUT2D eigenvalue weighted by Crippen LogP contribution is 2.41. The van der Waals surface area contributed by atoms with Crippen LogP contribution in [0, 0.1) is 0 Å². The fraction of sp³-hybridized carbons (Fsp3) is 0.355. The third kappa shape index (κ3) is 5.35. The molecule has 1 aliphatic carbocycles. The Balaban J connectivity index is 1.28. The standard InChI is InChI=1S/C31H36N8O/c1-36(2)13-14-38-12-11-27(35-38)17-28-32-18-24-9-10-25-20-37(3)31(29(25)30(24)34-28)23-7-5-22(6-8-23)26-19-33-39(21-26)15-16-40-4/h5-8,11-12,18-21H,9-10,13-17H2,1-4H3. The summed E-state index contributed by atoms with van der Waals surface area (Å²) in [7, 11) is 7.99. The van der Waals surface area contributed by atoms with Crippen LogP contribution in [0.25, 0.3) is 33.6 Å². The number of likely N-dealkylation sites (N-methyl/N-ethyl adjacent to an activating group) is 1. The summed E-state index contributed by atoms with van der Waals surface area (Å²) in [6.45, 7) is 3.20. The van der Waals surface area contributed by atoms with Gasteiger partial charge in [-0.1, -0.05) is 24.3 Å². The van der Waals surface area contributed by atoms with Crippen molar-refractivity contribution in [2.75, 3.05) is 34.4 Å². The van der Waals surface area contributed by atoms with Gasteiger partial charge in [0.2, 0.25) is 0 Å². The van der Waals surface area contributed by atoms with E-state index in [2.05, 4.69) is 78.4 Å². The van der Waals surface area contributed by atoms with Gasteiger partial charge in [0, 0.05) is 56.6 Å². The van der Waals surface area contributed by atoms with Crippen LogP contribution in [0.2, 0.25) is 0 Å². The molecule has 0 unspecified atom stereocenters. The van der Waals surface area contributed by atoms with E-state index in [-0.39, 0.29) is 0 Å². The Hall–Kier alpha value is -4.08. The first-order valence-electron chi connectivity index (χ1n) is 13.8. The van der Waals surface area contributed by atoms with Gasteiger partial charge in [0.05, 0.1) is 49.4 Å². The maximum Gasteiger partial charge on any atom is 0.134 e. The Morgan fingerprint density at radius 1 is 0.900 bits per heavy atom. The Kier molecular flexibility index (Phi) is 7.32. The minimum Gasteiger partial charge on any atom is -0.383 e. The van der Waals surface area contributed by atoms with E-state index >= 15 is 0 Å². The van der Waals surface area contributed by atoms with Gasteiger partial charge in [-0.05, 0) is 55.3 Å². The van der Waals surface area contributed by atoms with Gasteiger partial charge >= 0.3 is 0 Å². The van der Waals surface area contributed by atoms with Gasteiger partial charge in [-0.25, -0.2) is 9.97 Å². The first-order chi connectivity index (χ1) is 19.5. The normalized spacial score (nSPS) is 12.6. The van der Waals surface area contributed by atoms with E-state index in [1.54, 1.807) is 7.11 Å².